The predicted molar refractivity (Wildman–Crippen MR) is 96.6 cm³/mol. The van der Waals surface area contributed by atoms with Crippen molar-refractivity contribution in [3.8, 4) is 6.07 Å². The van der Waals surface area contributed by atoms with Crippen molar-refractivity contribution in [2.24, 2.45) is 5.41 Å². The zero-order valence-electron chi connectivity index (χ0n) is 15.6. The topological polar surface area (TPSA) is 53.3 Å². The van der Waals surface area contributed by atoms with E-state index < -0.39 is 9.04 Å². The number of amides is 1. The van der Waals surface area contributed by atoms with Crippen LogP contribution in [-0.4, -0.2) is 38.5 Å². The third kappa shape index (κ3) is 6.64. The first-order valence-electron chi connectivity index (χ1n) is 9.09. The average Bonchev–Trinajstić information content (AvgIpc) is 2.80. The van der Waals surface area contributed by atoms with Crippen LogP contribution in [0.5, 0.6) is 0 Å². The smallest absolute Gasteiger partial charge is 0.222 e. The summed E-state index contributed by atoms with van der Waals surface area (Å²) in [5.74, 6) is 0.287. The molecule has 0 aromatic heterocycles. The van der Waals surface area contributed by atoms with Gasteiger partial charge in [0.05, 0.1) is 18.2 Å². The van der Waals surface area contributed by atoms with Crippen LogP contribution in [0.1, 0.15) is 65.7 Å². The maximum absolute atomic E-state index is 12.3. The van der Waals surface area contributed by atoms with Crippen LogP contribution in [0.15, 0.2) is 0 Å². The van der Waals surface area contributed by atoms with E-state index in [9.17, 15) is 4.79 Å². The molecular formula is C18H34N2O2Si. The number of hydrogen-bond donors (Lipinski definition) is 0. The zero-order chi connectivity index (χ0) is 17.5. The fourth-order valence-electron chi connectivity index (χ4n) is 3.37. The van der Waals surface area contributed by atoms with Crippen LogP contribution in [0.25, 0.3) is 0 Å². The lowest BCUT2D eigenvalue weighted by atomic mass is 9.84. The Balaban J connectivity index is 2.61. The van der Waals surface area contributed by atoms with Crippen LogP contribution in [0.2, 0.25) is 13.1 Å². The Bertz CT molecular complexity index is 412. The Labute approximate surface area is 143 Å². The quantitative estimate of drug-likeness (QED) is 0.474. The molecule has 1 aliphatic heterocycles. The number of hydrogen-bond acceptors (Lipinski definition) is 3. The van der Waals surface area contributed by atoms with Gasteiger partial charge < -0.3 is 9.33 Å². The lowest BCUT2D eigenvalue weighted by Crippen LogP contribution is -2.50. The Morgan fingerprint density at radius 2 is 1.96 bits per heavy atom. The summed E-state index contributed by atoms with van der Waals surface area (Å²) in [4.78, 5) is 14.4. The van der Waals surface area contributed by atoms with Crippen molar-refractivity contribution in [2.75, 3.05) is 6.54 Å². The number of carbonyl (C=O) groups excluding carboxylic acids is 1. The highest BCUT2D eigenvalue weighted by molar-refractivity contribution is 6.48. The molecule has 0 aliphatic carbocycles. The second-order valence-corrected chi connectivity index (χ2v) is 10.4. The van der Waals surface area contributed by atoms with Gasteiger partial charge in [0.2, 0.25) is 5.91 Å². The molecular weight excluding hydrogens is 304 g/mol. The summed E-state index contributed by atoms with van der Waals surface area (Å²) >= 11 is 0. The largest absolute Gasteiger partial charge is 0.415 e. The van der Waals surface area contributed by atoms with Crippen LogP contribution >= 0.6 is 0 Å². The molecule has 132 valence electrons. The van der Waals surface area contributed by atoms with E-state index in [4.69, 9.17) is 9.69 Å². The summed E-state index contributed by atoms with van der Waals surface area (Å²) in [5, 5.41) is 8.56. The molecule has 2 unspecified atom stereocenters. The normalized spacial score (nSPS) is 20.1. The molecule has 0 saturated carbocycles. The summed E-state index contributed by atoms with van der Waals surface area (Å²) in [6.07, 6.45) is 6.55. The third-order valence-corrected chi connectivity index (χ3v) is 5.27. The molecule has 5 heteroatoms. The Hall–Kier alpha value is -0.863. The van der Waals surface area contributed by atoms with Crippen LogP contribution < -0.4 is 0 Å². The Morgan fingerprint density at radius 3 is 2.52 bits per heavy atom. The second-order valence-electron chi connectivity index (χ2n) is 7.99. The van der Waals surface area contributed by atoms with Gasteiger partial charge in [-0.1, -0.05) is 33.6 Å². The molecule has 1 rings (SSSR count). The monoisotopic (exact) mass is 338 g/mol. The highest BCUT2D eigenvalue weighted by Crippen LogP contribution is 2.34. The molecule has 0 bridgehead atoms. The van der Waals surface area contributed by atoms with Gasteiger partial charge in [-0.3, -0.25) is 4.79 Å². The van der Waals surface area contributed by atoms with Crippen LogP contribution in [0.4, 0.5) is 0 Å². The SMILES string of the molecule is C[SiH](C)OC(C1CCC(=O)N1CCCCCCC#N)C(C)(C)C. The molecule has 1 saturated heterocycles. The summed E-state index contributed by atoms with van der Waals surface area (Å²) in [6.45, 7) is 11.9. The Morgan fingerprint density at radius 1 is 1.30 bits per heavy atom. The van der Waals surface area contributed by atoms with Gasteiger partial charge >= 0.3 is 0 Å². The van der Waals surface area contributed by atoms with E-state index in [0.717, 1.165) is 38.6 Å². The number of unbranched alkanes of at least 4 members (excludes halogenated alkanes) is 4. The van der Waals surface area contributed by atoms with Gasteiger partial charge in [0.1, 0.15) is 0 Å². The lowest BCUT2D eigenvalue weighted by molar-refractivity contribution is -0.131. The van der Waals surface area contributed by atoms with E-state index >= 15 is 0 Å². The summed E-state index contributed by atoms with van der Waals surface area (Å²) in [6, 6.07) is 2.42. The highest BCUT2D eigenvalue weighted by atomic mass is 28.3. The van der Waals surface area contributed by atoms with Gasteiger partial charge in [0, 0.05) is 19.4 Å². The molecule has 0 N–H and O–H groups in total. The highest BCUT2D eigenvalue weighted by Gasteiger charge is 2.42. The molecule has 0 aromatic rings. The Kier molecular flexibility index (Phi) is 8.28. The number of rotatable bonds is 9. The number of nitrogens with zero attached hydrogens (tertiary/aromatic N) is 2. The first-order valence-corrected chi connectivity index (χ1v) is 11.9. The van der Waals surface area contributed by atoms with Gasteiger partial charge in [-0.25, -0.2) is 0 Å². The zero-order valence-corrected chi connectivity index (χ0v) is 16.8. The van der Waals surface area contributed by atoms with Crippen molar-refractivity contribution in [2.45, 2.75) is 91.0 Å². The number of likely N-dealkylation sites (tertiary alicyclic amines) is 1. The molecule has 1 aliphatic rings. The standard InChI is InChI=1S/C18H34N2O2Si/c1-18(2,3)17(22-23(4)5)15-11-12-16(21)20(15)14-10-8-6-7-9-13-19/h15,17,23H,6-12,14H2,1-5H3. The van der Waals surface area contributed by atoms with Crippen LogP contribution in [0.3, 0.4) is 0 Å². The van der Waals surface area contributed by atoms with E-state index in [1.54, 1.807) is 0 Å². The first-order chi connectivity index (χ1) is 10.8. The van der Waals surface area contributed by atoms with Crippen LogP contribution in [-0.2, 0) is 9.22 Å². The molecule has 4 nitrogen and oxygen atoms in total. The first kappa shape index (κ1) is 20.2. The molecule has 0 aromatic carbocycles. The van der Waals surface area contributed by atoms with Gasteiger partial charge in [0.25, 0.3) is 0 Å². The fourth-order valence-corrected chi connectivity index (χ4v) is 4.54. The van der Waals surface area contributed by atoms with Crippen molar-refractivity contribution in [3.05, 3.63) is 0 Å². The lowest BCUT2D eigenvalue weighted by Gasteiger charge is -2.40. The van der Waals surface area contributed by atoms with E-state index in [1.807, 2.05) is 0 Å². The van der Waals surface area contributed by atoms with E-state index in [1.165, 1.54) is 0 Å². The van der Waals surface area contributed by atoms with Crippen molar-refractivity contribution < 1.29 is 9.22 Å². The number of carbonyl (C=O) groups is 1. The van der Waals surface area contributed by atoms with E-state index in [0.29, 0.717) is 12.8 Å². The molecule has 1 fully saturated rings. The fraction of sp³-hybridized carbons (Fsp3) is 0.889. The molecule has 2 atom stereocenters. The minimum absolute atomic E-state index is 0.0532. The average molecular weight is 339 g/mol. The minimum Gasteiger partial charge on any atom is -0.415 e. The minimum atomic E-state index is -1.15. The molecule has 1 heterocycles. The van der Waals surface area contributed by atoms with Gasteiger partial charge in [-0.2, -0.15) is 5.26 Å². The summed E-state index contributed by atoms with van der Waals surface area (Å²) in [5.41, 5.74) is 0.0532. The van der Waals surface area contributed by atoms with Crippen molar-refractivity contribution in [1.29, 1.82) is 5.26 Å². The van der Waals surface area contributed by atoms with Gasteiger partial charge in [0.15, 0.2) is 9.04 Å². The van der Waals surface area contributed by atoms with Gasteiger partial charge in [-0.05, 0) is 37.8 Å². The summed E-state index contributed by atoms with van der Waals surface area (Å²) < 4.78 is 6.35. The maximum atomic E-state index is 12.3. The predicted octanol–water partition coefficient (Wildman–Crippen LogP) is 3.87. The summed E-state index contributed by atoms with van der Waals surface area (Å²) in [7, 11) is -1.15. The molecule has 0 radical (unpaired) electrons. The second kappa shape index (κ2) is 9.44. The van der Waals surface area contributed by atoms with E-state index in [-0.39, 0.29) is 23.5 Å². The molecule has 1 amide bonds. The van der Waals surface area contributed by atoms with Crippen molar-refractivity contribution >= 4 is 14.9 Å². The molecule has 23 heavy (non-hydrogen) atoms. The van der Waals surface area contributed by atoms with Crippen molar-refractivity contribution in [1.82, 2.24) is 4.90 Å². The van der Waals surface area contributed by atoms with Gasteiger partial charge in [-0.15, -0.1) is 0 Å². The van der Waals surface area contributed by atoms with Crippen molar-refractivity contribution in [3.63, 3.8) is 0 Å². The van der Waals surface area contributed by atoms with Crippen LogP contribution in [0, 0.1) is 16.7 Å². The maximum Gasteiger partial charge on any atom is 0.222 e. The van der Waals surface area contributed by atoms with E-state index in [2.05, 4.69) is 44.8 Å². The number of nitriles is 1. The molecule has 0 spiro atoms. The third-order valence-electron chi connectivity index (χ3n) is 4.43.